The fourth-order valence-electron chi connectivity index (χ4n) is 4.41. The zero-order valence-corrected chi connectivity index (χ0v) is 21.6. The van der Waals surface area contributed by atoms with Crippen LogP contribution in [0.25, 0.3) is 10.8 Å². The molecule has 4 amide bonds. The number of nitrogens with one attached hydrogen (secondary N) is 3. The first-order valence-electron chi connectivity index (χ1n) is 12.9. The lowest BCUT2D eigenvalue weighted by atomic mass is 9.93. The third-order valence-corrected chi connectivity index (χ3v) is 6.33. The first kappa shape index (κ1) is 29.0. The number of hydrogen-bond acceptors (Lipinski definition) is 9. The number of carbonyl (C=O) groups is 4. The number of benzene rings is 2. The van der Waals surface area contributed by atoms with Gasteiger partial charge in [0.25, 0.3) is 11.8 Å². The Morgan fingerprint density at radius 1 is 0.763 bits per heavy atom. The van der Waals surface area contributed by atoms with E-state index in [-0.39, 0.29) is 43.0 Å². The SMILES string of the molecule is NCCNC(=O)CCN(CCC(=O)NCCN)CCN1C(=O)c2cccc3c(NCCN)ccc(c23)C1=O. The lowest BCUT2D eigenvalue weighted by Crippen LogP contribution is -2.45. The van der Waals surface area contributed by atoms with Crippen LogP contribution in [0.3, 0.4) is 0 Å². The molecule has 38 heavy (non-hydrogen) atoms. The molecule has 206 valence electrons. The van der Waals surface area contributed by atoms with Crippen molar-refractivity contribution in [1.82, 2.24) is 20.4 Å². The lowest BCUT2D eigenvalue weighted by molar-refractivity contribution is -0.121. The van der Waals surface area contributed by atoms with E-state index in [0.717, 1.165) is 11.1 Å². The molecular weight excluding hydrogens is 488 g/mol. The van der Waals surface area contributed by atoms with E-state index >= 15 is 0 Å². The maximum Gasteiger partial charge on any atom is 0.261 e. The summed E-state index contributed by atoms with van der Waals surface area (Å²) in [5.41, 5.74) is 18.2. The first-order chi connectivity index (χ1) is 18.4. The average molecular weight is 527 g/mol. The zero-order chi connectivity index (χ0) is 27.5. The summed E-state index contributed by atoms with van der Waals surface area (Å²) in [5, 5.41) is 10.1. The third kappa shape index (κ3) is 7.25. The van der Waals surface area contributed by atoms with Gasteiger partial charge in [-0.15, -0.1) is 0 Å². The van der Waals surface area contributed by atoms with E-state index in [4.69, 9.17) is 17.2 Å². The summed E-state index contributed by atoms with van der Waals surface area (Å²) in [5.74, 6) is -1.05. The van der Waals surface area contributed by atoms with Crippen LogP contribution in [0.1, 0.15) is 33.6 Å². The Balaban J connectivity index is 1.73. The fraction of sp³-hybridized carbons (Fsp3) is 0.462. The van der Waals surface area contributed by atoms with Gasteiger partial charge in [-0.2, -0.15) is 0 Å². The third-order valence-electron chi connectivity index (χ3n) is 6.33. The van der Waals surface area contributed by atoms with E-state index in [1.54, 1.807) is 18.2 Å². The smallest absolute Gasteiger partial charge is 0.261 e. The second kappa shape index (κ2) is 14.4. The van der Waals surface area contributed by atoms with E-state index < -0.39 is 0 Å². The molecule has 1 aliphatic heterocycles. The van der Waals surface area contributed by atoms with Crippen molar-refractivity contribution >= 4 is 40.1 Å². The largest absolute Gasteiger partial charge is 0.383 e. The number of hydrogen-bond donors (Lipinski definition) is 6. The van der Waals surface area contributed by atoms with E-state index in [1.165, 1.54) is 4.90 Å². The van der Waals surface area contributed by atoms with Crippen molar-refractivity contribution in [1.29, 1.82) is 0 Å². The minimum Gasteiger partial charge on any atom is -0.383 e. The number of anilines is 1. The highest BCUT2D eigenvalue weighted by Crippen LogP contribution is 2.34. The topological polar surface area (TPSA) is 189 Å². The van der Waals surface area contributed by atoms with Crippen LogP contribution >= 0.6 is 0 Å². The Hall–Kier alpha value is -3.58. The van der Waals surface area contributed by atoms with Crippen LogP contribution in [0.5, 0.6) is 0 Å². The molecule has 0 fully saturated rings. The molecule has 1 aliphatic rings. The number of nitrogens with two attached hydrogens (primary N) is 3. The minimum atomic E-state index is -0.370. The molecular formula is C26H38N8O4. The predicted octanol–water partition coefficient (Wildman–Crippen LogP) is -0.962. The van der Waals surface area contributed by atoms with Gasteiger partial charge in [0.05, 0.1) is 0 Å². The molecule has 2 aromatic rings. The molecule has 0 atom stereocenters. The maximum absolute atomic E-state index is 13.4. The van der Waals surface area contributed by atoms with Gasteiger partial charge in [0, 0.05) is 106 Å². The van der Waals surface area contributed by atoms with Gasteiger partial charge in [0.2, 0.25) is 11.8 Å². The summed E-state index contributed by atoms with van der Waals surface area (Å²) in [4.78, 5) is 54.2. The standard InChI is InChI=1S/C26H38N8O4/c27-8-11-30-21-5-4-20-24-18(21)2-1-3-19(24)25(37)34(26(20)38)17-16-33(14-6-22(35)31-12-9-28)15-7-23(36)32-13-10-29/h1-5,30H,6-17,27-29H2,(H,31,35)(H,32,36). The molecule has 12 nitrogen and oxygen atoms in total. The highest BCUT2D eigenvalue weighted by atomic mass is 16.2. The van der Waals surface area contributed by atoms with E-state index in [0.29, 0.717) is 75.4 Å². The molecule has 12 heteroatoms. The van der Waals surface area contributed by atoms with Crippen LogP contribution < -0.4 is 33.2 Å². The molecule has 0 radical (unpaired) electrons. The molecule has 0 saturated carbocycles. The van der Waals surface area contributed by atoms with Gasteiger partial charge in [-0.1, -0.05) is 12.1 Å². The highest BCUT2D eigenvalue weighted by molar-refractivity contribution is 6.26. The summed E-state index contributed by atoms with van der Waals surface area (Å²) >= 11 is 0. The molecule has 0 aliphatic carbocycles. The number of imide groups is 1. The van der Waals surface area contributed by atoms with Crippen LogP contribution in [-0.4, -0.2) is 98.9 Å². The van der Waals surface area contributed by atoms with Gasteiger partial charge in [-0.05, 0) is 18.2 Å². The Labute approximate surface area is 222 Å². The second-order valence-corrected chi connectivity index (χ2v) is 8.99. The summed E-state index contributed by atoms with van der Waals surface area (Å²) in [7, 11) is 0. The molecule has 0 saturated heterocycles. The van der Waals surface area contributed by atoms with Gasteiger partial charge in [-0.25, -0.2) is 0 Å². The summed E-state index contributed by atoms with van der Waals surface area (Å²) in [6.45, 7) is 3.62. The first-order valence-corrected chi connectivity index (χ1v) is 12.9. The van der Waals surface area contributed by atoms with Crippen molar-refractivity contribution in [3.05, 3.63) is 41.5 Å². The van der Waals surface area contributed by atoms with Crippen molar-refractivity contribution in [2.45, 2.75) is 12.8 Å². The van der Waals surface area contributed by atoms with Crippen LogP contribution in [0, 0.1) is 0 Å². The Bertz CT molecular complexity index is 1110. The number of nitrogens with zero attached hydrogens (tertiary/aromatic N) is 2. The minimum absolute atomic E-state index is 0.121. The maximum atomic E-state index is 13.4. The average Bonchev–Trinajstić information content (AvgIpc) is 2.93. The van der Waals surface area contributed by atoms with Gasteiger partial charge in [0.1, 0.15) is 0 Å². The molecule has 2 aromatic carbocycles. The van der Waals surface area contributed by atoms with Crippen molar-refractivity contribution in [2.75, 3.05) is 70.8 Å². The normalized spacial score (nSPS) is 12.8. The molecule has 9 N–H and O–H groups in total. The molecule has 1 heterocycles. The molecule has 0 spiro atoms. The van der Waals surface area contributed by atoms with Gasteiger partial charge in [-0.3, -0.25) is 24.1 Å². The van der Waals surface area contributed by atoms with E-state index in [9.17, 15) is 19.2 Å². The van der Waals surface area contributed by atoms with Crippen LogP contribution in [0.2, 0.25) is 0 Å². The monoisotopic (exact) mass is 526 g/mol. The molecule has 0 bridgehead atoms. The van der Waals surface area contributed by atoms with Gasteiger partial charge < -0.3 is 38.1 Å². The van der Waals surface area contributed by atoms with Crippen LogP contribution in [0.15, 0.2) is 30.3 Å². The highest BCUT2D eigenvalue weighted by Gasteiger charge is 2.33. The molecule has 0 unspecified atom stereocenters. The fourth-order valence-corrected chi connectivity index (χ4v) is 4.41. The van der Waals surface area contributed by atoms with Crippen molar-refractivity contribution in [3.8, 4) is 0 Å². The predicted molar refractivity (Wildman–Crippen MR) is 147 cm³/mol. The van der Waals surface area contributed by atoms with Crippen molar-refractivity contribution < 1.29 is 19.2 Å². The molecule has 3 rings (SSSR count). The number of carbonyl (C=O) groups excluding carboxylic acids is 4. The van der Waals surface area contributed by atoms with E-state index in [1.807, 2.05) is 17.0 Å². The van der Waals surface area contributed by atoms with Crippen molar-refractivity contribution in [3.63, 3.8) is 0 Å². The Morgan fingerprint density at radius 3 is 1.92 bits per heavy atom. The van der Waals surface area contributed by atoms with Crippen LogP contribution in [-0.2, 0) is 9.59 Å². The zero-order valence-electron chi connectivity index (χ0n) is 21.6. The van der Waals surface area contributed by atoms with Crippen molar-refractivity contribution in [2.24, 2.45) is 17.2 Å². The number of rotatable bonds is 16. The van der Waals surface area contributed by atoms with E-state index in [2.05, 4.69) is 16.0 Å². The summed E-state index contributed by atoms with van der Waals surface area (Å²) in [6.07, 6.45) is 0.403. The number of amides is 4. The van der Waals surface area contributed by atoms with Crippen LogP contribution in [0.4, 0.5) is 5.69 Å². The molecule has 0 aromatic heterocycles. The van der Waals surface area contributed by atoms with Gasteiger partial charge in [0.15, 0.2) is 0 Å². The summed E-state index contributed by atoms with van der Waals surface area (Å²) in [6, 6.07) is 8.96. The van der Waals surface area contributed by atoms with Gasteiger partial charge >= 0.3 is 0 Å². The second-order valence-electron chi connectivity index (χ2n) is 8.99. The lowest BCUT2D eigenvalue weighted by Gasteiger charge is -2.30. The Kier molecular flexibility index (Phi) is 11.0. The quantitative estimate of drug-likeness (QED) is 0.150. The Morgan fingerprint density at radius 2 is 1.34 bits per heavy atom. The summed E-state index contributed by atoms with van der Waals surface area (Å²) < 4.78 is 0.